The van der Waals surface area contributed by atoms with E-state index in [1.807, 2.05) is 43.7 Å². The van der Waals surface area contributed by atoms with Gasteiger partial charge in [0, 0.05) is 12.6 Å². The topological polar surface area (TPSA) is 67.4 Å². The minimum absolute atomic E-state index is 0.584. The van der Waals surface area contributed by atoms with Gasteiger partial charge in [0.05, 0.1) is 22.5 Å². The maximum absolute atomic E-state index is 9.18. The van der Waals surface area contributed by atoms with Crippen LogP contribution in [0.1, 0.15) is 17.0 Å². The molecule has 2 aromatic heterocycles. The average Bonchev–Trinajstić information content (AvgIpc) is 2.79. The third-order valence-electron chi connectivity index (χ3n) is 3.37. The molecule has 0 fully saturated rings. The van der Waals surface area contributed by atoms with Gasteiger partial charge in [0.25, 0.3) is 0 Å². The molecule has 0 aliphatic rings. The lowest BCUT2D eigenvalue weighted by Gasteiger charge is -2.05. The van der Waals surface area contributed by atoms with E-state index in [0.29, 0.717) is 5.56 Å². The highest BCUT2D eigenvalue weighted by Crippen LogP contribution is 2.27. The minimum Gasteiger partial charge on any atom is -0.327 e. The molecule has 3 rings (SSSR count). The second kappa shape index (κ2) is 4.42. The molecule has 5 heteroatoms. The van der Waals surface area contributed by atoms with Crippen LogP contribution in [0.15, 0.2) is 24.3 Å². The first-order chi connectivity index (χ1) is 9.61. The van der Waals surface area contributed by atoms with Gasteiger partial charge in [-0.1, -0.05) is 6.07 Å². The van der Waals surface area contributed by atoms with Crippen molar-refractivity contribution in [1.82, 2.24) is 19.7 Å². The smallest absolute Gasteiger partial charge is 0.142 e. The summed E-state index contributed by atoms with van der Waals surface area (Å²) in [6.45, 7) is 3.81. The molecular weight excluding hydrogens is 250 g/mol. The zero-order valence-electron chi connectivity index (χ0n) is 11.5. The summed E-state index contributed by atoms with van der Waals surface area (Å²) < 4.78 is 1.99. The summed E-state index contributed by atoms with van der Waals surface area (Å²) in [4.78, 5) is 4.63. The molecule has 0 radical (unpaired) electrons. The van der Waals surface area contributed by atoms with Crippen LogP contribution in [0.5, 0.6) is 0 Å². The van der Waals surface area contributed by atoms with Crippen molar-refractivity contribution in [2.75, 3.05) is 0 Å². The summed E-state index contributed by atoms with van der Waals surface area (Å²) in [5, 5.41) is 17.4. The Morgan fingerprint density at radius 1 is 1.20 bits per heavy atom. The molecule has 0 aliphatic heterocycles. The quantitative estimate of drug-likeness (QED) is 0.676. The van der Waals surface area contributed by atoms with E-state index < -0.39 is 0 Å². The standard InChI is InChI=1S/C15H13N5/c1-9-7-12(10(2)19-18-9)15-17-14-11(8-16)5-4-6-13(14)20(15)3/h4-7H,1-3H3. The molecule has 5 nitrogen and oxygen atoms in total. The zero-order valence-corrected chi connectivity index (χ0v) is 11.5. The van der Waals surface area contributed by atoms with Crippen LogP contribution in [-0.2, 0) is 7.05 Å². The Kier molecular flexibility index (Phi) is 2.72. The van der Waals surface area contributed by atoms with E-state index in [-0.39, 0.29) is 0 Å². The highest BCUT2D eigenvalue weighted by molar-refractivity contribution is 5.85. The van der Waals surface area contributed by atoms with Crippen LogP contribution >= 0.6 is 0 Å². The molecule has 0 spiro atoms. The third-order valence-corrected chi connectivity index (χ3v) is 3.37. The molecule has 1 aromatic carbocycles. The lowest BCUT2D eigenvalue weighted by molar-refractivity contribution is 0.915. The Labute approximate surface area is 116 Å². The van der Waals surface area contributed by atoms with Gasteiger partial charge in [-0.2, -0.15) is 15.5 Å². The van der Waals surface area contributed by atoms with Crippen LogP contribution in [0, 0.1) is 25.2 Å². The van der Waals surface area contributed by atoms with E-state index in [4.69, 9.17) is 0 Å². The summed E-state index contributed by atoms with van der Waals surface area (Å²) in [5.74, 6) is 0.804. The predicted molar refractivity (Wildman–Crippen MR) is 75.9 cm³/mol. The van der Waals surface area contributed by atoms with Gasteiger partial charge < -0.3 is 4.57 Å². The summed E-state index contributed by atoms with van der Waals surface area (Å²) in [6, 6.07) is 9.76. The number of fused-ring (bicyclic) bond motifs is 1. The Morgan fingerprint density at radius 2 is 2.00 bits per heavy atom. The van der Waals surface area contributed by atoms with E-state index in [1.54, 1.807) is 6.07 Å². The molecule has 2 heterocycles. The van der Waals surface area contributed by atoms with Gasteiger partial charge in [-0.3, -0.25) is 0 Å². The van der Waals surface area contributed by atoms with E-state index in [0.717, 1.165) is 33.8 Å². The predicted octanol–water partition coefficient (Wildman–Crippen LogP) is 2.52. The highest BCUT2D eigenvalue weighted by atomic mass is 15.1. The monoisotopic (exact) mass is 263 g/mol. The molecular formula is C15H13N5. The molecule has 0 saturated carbocycles. The summed E-state index contributed by atoms with van der Waals surface area (Å²) in [5.41, 5.74) is 4.86. The van der Waals surface area contributed by atoms with Crippen molar-refractivity contribution in [1.29, 1.82) is 5.26 Å². The van der Waals surface area contributed by atoms with E-state index in [2.05, 4.69) is 21.3 Å². The molecule has 0 N–H and O–H groups in total. The molecule has 0 bridgehead atoms. The Bertz CT molecular complexity index is 855. The number of aromatic nitrogens is 4. The van der Waals surface area contributed by atoms with Gasteiger partial charge in [-0.15, -0.1) is 0 Å². The number of hydrogen-bond donors (Lipinski definition) is 0. The van der Waals surface area contributed by atoms with Crippen molar-refractivity contribution in [3.05, 3.63) is 41.2 Å². The van der Waals surface area contributed by atoms with Crippen LogP contribution in [0.25, 0.3) is 22.4 Å². The second-order valence-electron chi connectivity index (χ2n) is 4.76. The summed E-state index contributed by atoms with van der Waals surface area (Å²) >= 11 is 0. The number of nitriles is 1. The van der Waals surface area contributed by atoms with Crippen LogP contribution in [-0.4, -0.2) is 19.7 Å². The molecule has 0 atom stereocenters. The largest absolute Gasteiger partial charge is 0.327 e. The van der Waals surface area contributed by atoms with Crippen LogP contribution in [0.4, 0.5) is 0 Å². The van der Waals surface area contributed by atoms with E-state index >= 15 is 0 Å². The van der Waals surface area contributed by atoms with Gasteiger partial charge >= 0.3 is 0 Å². The molecule has 20 heavy (non-hydrogen) atoms. The fraction of sp³-hybridized carbons (Fsp3) is 0.200. The van der Waals surface area contributed by atoms with E-state index in [1.165, 1.54) is 0 Å². The van der Waals surface area contributed by atoms with Crippen LogP contribution < -0.4 is 0 Å². The van der Waals surface area contributed by atoms with Crippen LogP contribution in [0.3, 0.4) is 0 Å². The fourth-order valence-electron chi connectivity index (χ4n) is 2.32. The number of hydrogen-bond acceptors (Lipinski definition) is 4. The first kappa shape index (κ1) is 12.3. The van der Waals surface area contributed by atoms with Crippen molar-refractivity contribution in [3.63, 3.8) is 0 Å². The van der Waals surface area contributed by atoms with Crippen molar-refractivity contribution >= 4 is 11.0 Å². The van der Waals surface area contributed by atoms with Gasteiger partial charge in [0.15, 0.2) is 0 Å². The first-order valence-electron chi connectivity index (χ1n) is 6.28. The Balaban J connectivity index is 2.36. The Morgan fingerprint density at radius 3 is 2.75 bits per heavy atom. The number of aryl methyl sites for hydroxylation is 3. The van der Waals surface area contributed by atoms with Crippen molar-refractivity contribution < 1.29 is 0 Å². The number of benzene rings is 1. The van der Waals surface area contributed by atoms with Gasteiger partial charge in [0.2, 0.25) is 0 Å². The highest BCUT2D eigenvalue weighted by Gasteiger charge is 2.15. The number of nitrogens with zero attached hydrogens (tertiary/aromatic N) is 5. The number of para-hydroxylation sites is 1. The van der Waals surface area contributed by atoms with Gasteiger partial charge in [0.1, 0.15) is 17.4 Å². The van der Waals surface area contributed by atoms with Crippen molar-refractivity contribution in [3.8, 4) is 17.5 Å². The third kappa shape index (κ3) is 1.74. The fourth-order valence-corrected chi connectivity index (χ4v) is 2.32. The summed E-state index contributed by atoms with van der Waals surface area (Å²) in [7, 11) is 1.95. The first-order valence-corrected chi connectivity index (χ1v) is 6.28. The molecule has 0 unspecified atom stereocenters. The molecule has 0 saturated heterocycles. The van der Waals surface area contributed by atoms with Crippen LogP contribution in [0.2, 0.25) is 0 Å². The van der Waals surface area contributed by atoms with Crippen molar-refractivity contribution in [2.45, 2.75) is 13.8 Å². The lowest BCUT2D eigenvalue weighted by Crippen LogP contribution is -1.99. The van der Waals surface area contributed by atoms with E-state index in [9.17, 15) is 5.26 Å². The number of imidazole rings is 1. The maximum atomic E-state index is 9.18. The lowest BCUT2D eigenvalue weighted by atomic mass is 10.2. The van der Waals surface area contributed by atoms with Gasteiger partial charge in [-0.05, 0) is 32.0 Å². The number of rotatable bonds is 1. The summed E-state index contributed by atoms with van der Waals surface area (Å²) in [6.07, 6.45) is 0. The Hall–Kier alpha value is -2.74. The minimum atomic E-state index is 0.584. The SMILES string of the molecule is Cc1cc(-c2nc3c(C#N)cccc3n2C)c(C)nn1. The zero-order chi connectivity index (χ0) is 14.3. The molecule has 3 aromatic rings. The maximum Gasteiger partial charge on any atom is 0.142 e. The normalized spacial score (nSPS) is 10.7. The molecule has 0 aliphatic carbocycles. The van der Waals surface area contributed by atoms with Crippen molar-refractivity contribution in [2.24, 2.45) is 7.05 Å². The second-order valence-corrected chi connectivity index (χ2v) is 4.76. The average molecular weight is 263 g/mol. The molecule has 0 amide bonds. The van der Waals surface area contributed by atoms with Gasteiger partial charge in [-0.25, -0.2) is 4.98 Å². The molecule has 98 valence electrons.